The second kappa shape index (κ2) is 3.94. The Bertz CT molecular complexity index is 487. The number of carbonyl (C=O) groups is 2. The molecule has 96 valence electrons. The zero-order chi connectivity index (χ0) is 13.6. The van der Waals surface area contributed by atoms with Gasteiger partial charge in [0.1, 0.15) is 0 Å². The molecule has 3 heteroatoms. The van der Waals surface area contributed by atoms with Crippen LogP contribution < -0.4 is 0 Å². The van der Waals surface area contributed by atoms with Crippen LogP contribution in [-0.4, -0.2) is 22.3 Å². The van der Waals surface area contributed by atoms with Gasteiger partial charge in [0.15, 0.2) is 0 Å². The molecule has 0 aromatic heterocycles. The second-order valence-electron chi connectivity index (χ2n) is 6.08. The van der Waals surface area contributed by atoms with E-state index in [2.05, 4.69) is 0 Å². The lowest BCUT2D eigenvalue weighted by atomic mass is 9.81. The molecule has 18 heavy (non-hydrogen) atoms. The first-order valence-corrected chi connectivity index (χ1v) is 6.20. The highest BCUT2D eigenvalue weighted by molar-refractivity contribution is 6.09. The van der Waals surface area contributed by atoms with Gasteiger partial charge in [-0.25, -0.2) is 0 Å². The molecule has 1 aromatic carbocycles. The van der Waals surface area contributed by atoms with Crippen LogP contribution in [0, 0.1) is 0 Å². The third kappa shape index (κ3) is 1.84. The first-order valence-electron chi connectivity index (χ1n) is 6.20. The molecule has 1 atom stereocenters. The Morgan fingerprint density at radius 2 is 1.67 bits per heavy atom. The van der Waals surface area contributed by atoms with Gasteiger partial charge in [-0.3, -0.25) is 14.5 Å². The number of carbonyl (C=O) groups excluding carboxylic acids is 2. The summed E-state index contributed by atoms with van der Waals surface area (Å²) in [6, 6.07) is 9.54. The van der Waals surface area contributed by atoms with Crippen LogP contribution in [0.2, 0.25) is 0 Å². The van der Waals surface area contributed by atoms with Crippen molar-refractivity contribution in [2.75, 3.05) is 0 Å². The maximum absolute atomic E-state index is 12.6. The van der Waals surface area contributed by atoms with Crippen molar-refractivity contribution in [3.63, 3.8) is 0 Å². The van der Waals surface area contributed by atoms with Crippen molar-refractivity contribution in [1.29, 1.82) is 0 Å². The summed E-state index contributed by atoms with van der Waals surface area (Å²) in [5, 5.41) is 0. The molecule has 0 bridgehead atoms. The number of imide groups is 1. The SMILES string of the molecule is CC1(c2ccccc2)CC(=O)N(C(C)(C)C)C1=O. The van der Waals surface area contributed by atoms with Crippen LogP contribution in [0.25, 0.3) is 0 Å². The molecule has 1 aliphatic rings. The summed E-state index contributed by atoms with van der Waals surface area (Å²) >= 11 is 0. The molecule has 2 rings (SSSR count). The number of rotatable bonds is 1. The third-order valence-electron chi connectivity index (χ3n) is 3.51. The number of hydrogen-bond acceptors (Lipinski definition) is 2. The number of likely N-dealkylation sites (tertiary alicyclic amines) is 1. The average molecular weight is 245 g/mol. The maximum Gasteiger partial charge on any atom is 0.240 e. The molecule has 1 saturated heterocycles. The van der Waals surface area contributed by atoms with Gasteiger partial charge in [0.25, 0.3) is 0 Å². The van der Waals surface area contributed by atoms with E-state index in [4.69, 9.17) is 0 Å². The van der Waals surface area contributed by atoms with Crippen LogP contribution in [0.5, 0.6) is 0 Å². The monoisotopic (exact) mass is 245 g/mol. The summed E-state index contributed by atoms with van der Waals surface area (Å²) in [5.41, 5.74) is -0.262. The Morgan fingerprint density at radius 3 is 2.11 bits per heavy atom. The van der Waals surface area contributed by atoms with E-state index in [1.165, 1.54) is 4.90 Å². The zero-order valence-corrected chi connectivity index (χ0v) is 11.4. The highest BCUT2D eigenvalue weighted by Gasteiger charge is 2.52. The van der Waals surface area contributed by atoms with Crippen LogP contribution in [0.1, 0.15) is 39.7 Å². The van der Waals surface area contributed by atoms with Gasteiger partial charge in [-0.05, 0) is 33.3 Å². The van der Waals surface area contributed by atoms with Crippen LogP contribution in [0.4, 0.5) is 0 Å². The molecule has 0 N–H and O–H groups in total. The summed E-state index contributed by atoms with van der Waals surface area (Å²) in [7, 11) is 0. The smallest absolute Gasteiger partial charge is 0.240 e. The van der Waals surface area contributed by atoms with Crippen LogP contribution >= 0.6 is 0 Å². The Kier molecular flexibility index (Phi) is 2.80. The molecule has 1 aromatic rings. The van der Waals surface area contributed by atoms with Crippen molar-refractivity contribution in [3.05, 3.63) is 35.9 Å². The molecule has 0 saturated carbocycles. The summed E-state index contributed by atoms with van der Waals surface area (Å²) in [6.45, 7) is 7.52. The summed E-state index contributed by atoms with van der Waals surface area (Å²) in [5.74, 6) is -0.176. The molecule has 2 amide bonds. The topological polar surface area (TPSA) is 37.4 Å². The summed E-state index contributed by atoms with van der Waals surface area (Å²) < 4.78 is 0. The Morgan fingerprint density at radius 1 is 1.11 bits per heavy atom. The Labute approximate surface area is 108 Å². The van der Waals surface area contributed by atoms with Crippen molar-refractivity contribution >= 4 is 11.8 Å². The lowest BCUT2D eigenvalue weighted by Gasteiger charge is -2.32. The minimum absolute atomic E-state index is 0.0844. The summed E-state index contributed by atoms with van der Waals surface area (Å²) in [4.78, 5) is 26.1. The molecule has 0 aliphatic carbocycles. The van der Waals surface area contributed by atoms with Crippen molar-refractivity contribution in [1.82, 2.24) is 4.90 Å². The zero-order valence-electron chi connectivity index (χ0n) is 11.4. The van der Waals surface area contributed by atoms with Crippen molar-refractivity contribution < 1.29 is 9.59 Å². The molecule has 3 nitrogen and oxygen atoms in total. The average Bonchev–Trinajstić information content (AvgIpc) is 2.51. The van der Waals surface area contributed by atoms with Crippen LogP contribution in [0.3, 0.4) is 0 Å². The van der Waals surface area contributed by atoms with E-state index in [1.54, 1.807) is 0 Å². The van der Waals surface area contributed by atoms with Gasteiger partial charge in [0, 0.05) is 12.0 Å². The lowest BCUT2D eigenvalue weighted by Crippen LogP contribution is -2.47. The van der Waals surface area contributed by atoms with Crippen LogP contribution in [0.15, 0.2) is 30.3 Å². The molecular formula is C15H19NO2. The Balaban J connectivity index is 2.45. The minimum atomic E-state index is -0.717. The molecule has 1 aliphatic heterocycles. The lowest BCUT2D eigenvalue weighted by molar-refractivity contribution is -0.145. The van der Waals surface area contributed by atoms with Gasteiger partial charge in [-0.2, -0.15) is 0 Å². The van der Waals surface area contributed by atoms with E-state index in [0.717, 1.165) is 5.56 Å². The van der Waals surface area contributed by atoms with E-state index in [0.29, 0.717) is 0 Å². The number of hydrogen-bond donors (Lipinski definition) is 0. The van der Waals surface area contributed by atoms with E-state index in [-0.39, 0.29) is 18.2 Å². The fourth-order valence-corrected chi connectivity index (χ4v) is 2.53. The van der Waals surface area contributed by atoms with E-state index in [9.17, 15) is 9.59 Å². The van der Waals surface area contributed by atoms with Gasteiger partial charge in [-0.1, -0.05) is 30.3 Å². The third-order valence-corrected chi connectivity index (χ3v) is 3.51. The number of benzene rings is 1. The van der Waals surface area contributed by atoms with Crippen molar-refractivity contribution in [2.24, 2.45) is 0 Å². The van der Waals surface area contributed by atoms with Crippen molar-refractivity contribution in [3.8, 4) is 0 Å². The molecule has 0 spiro atoms. The van der Waals surface area contributed by atoms with E-state index in [1.807, 2.05) is 58.0 Å². The molecule has 1 fully saturated rings. The minimum Gasteiger partial charge on any atom is -0.276 e. The van der Waals surface area contributed by atoms with Crippen LogP contribution in [-0.2, 0) is 15.0 Å². The first-order chi connectivity index (χ1) is 8.27. The molecule has 1 unspecified atom stereocenters. The first kappa shape index (κ1) is 12.8. The quantitative estimate of drug-likeness (QED) is 0.713. The second-order valence-corrected chi connectivity index (χ2v) is 6.08. The van der Waals surface area contributed by atoms with Crippen molar-refractivity contribution in [2.45, 2.75) is 45.1 Å². The van der Waals surface area contributed by atoms with Gasteiger partial charge < -0.3 is 0 Å². The van der Waals surface area contributed by atoms with E-state index >= 15 is 0 Å². The Hall–Kier alpha value is -1.64. The van der Waals surface area contributed by atoms with Gasteiger partial charge in [0.2, 0.25) is 11.8 Å². The molecular weight excluding hydrogens is 226 g/mol. The highest BCUT2D eigenvalue weighted by atomic mass is 16.2. The maximum atomic E-state index is 12.6. The molecule has 0 radical (unpaired) electrons. The van der Waals surface area contributed by atoms with Gasteiger partial charge >= 0.3 is 0 Å². The summed E-state index contributed by atoms with van der Waals surface area (Å²) in [6.07, 6.45) is 0.257. The van der Waals surface area contributed by atoms with Gasteiger partial charge in [0.05, 0.1) is 5.41 Å². The normalized spacial score (nSPS) is 24.8. The fourth-order valence-electron chi connectivity index (χ4n) is 2.53. The largest absolute Gasteiger partial charge is 0.276 e. The standard InChI is InChI=1S/C15H19NO2/c1-14(2,3)16-12(17)10-15(4,13(16)18)11-8-6-5-7-9-11/h5-9H,10H2,1-4H3. The number of amides is 2. The van der Waals surface area contributed by atoms with E-state index < -0.39 is 11.0 Å². The predicted molar refractivity (Wildman–Crippen MR) is 70.0 cm³/mol. The number of nitrogens with zero attached hydrogens (tertiary/aromatic N) is 1. The highest BCUT2D eigenvalue weighted by Crippen LogP contribution is 2.39. The fraction of sp³-hybridized carbons (Fsp3) is 0.467. The van der Waals surface area contributed by atoms with Gasteiger partial charge in [-0.15, -0.1) is 0 Å². The predicted octanol–water partition coefficient (Wildman–Crippen LogP) is 2.50. The molecule has 1 heterocycles.